The first-order valence-electron chi connectivity index (χ1n) is 13.2. The van der Waals surface area contributed by atoms with Gasteiger partial charge in [0.05, 0.1) is 12.2 Å². The molecule has 0 radical (unpaired) electrons. The van der Waals surface area contributed by atoms with Crippen molar-refractivity contribution in [3.63, 3.8) is 0 Å². The summed E-state index contributed by atoms with van der Waals surface area (Å²) in [4.78, 5) is 33.0. The highest BCUT2D eigenvalue weighted by Gasteiger charge is 2.30. The molecule has 0 aliphatic heterocycles. The van der Waals surface area contributed by atoms with E-state index in [-0.39, 0.29) is 31.3 Å². The summed E-state index contributed by atoms with van der Waals surface area (Å²) in [6.07, 6.45) is -1.92. The van der Waals surface area contributed by atoms with Crippen LogP contribution in [-0.2, 0) is 28.7 Å². The fraction of sp³-hybridized carbons (Fsp3) is 0.290. The second-order valence-corrected chi connectivity index (χ2v) is 9.83. The minimum Gasteiger partial charge on any atom is -0.383 e. The van der Waals surface area contributed by atoms with E-state index in [1.54, 1.807) is 4.90 Å². The summed E-state index contributed by atoms with van der Waals surface area (Å²) in [7, 11) is 1.48. The predicted octanol–water partition coefficient (Wildman–Crippen LogP) is 6.25. The molecular weight excluding hydrogens is 533 g/mol. The number of alkyl halides is 3. The number of rotatable bonds is 11. The lowest BCUT2D eigenvalue weighted by Gasteiger charge is -2.28. The molecule has 41 heavy (non-hydrogen) atoms. The highest BCUT2D eigenvalue weighted by molar-refractivity contribution is 5.92. The summed E-state index contributed by atoms with van der Waals surface area (Å²) in [5, 5.41) is 3.68. The monoisotopic (exact) mass is 566 g/mol. The smallest absolute Gasteiger partial charge is 0.383 e. The van der Waals surface area contributed by atoms with Gasteiger partial charge in [-0.2, -0.15) is 13.2 Å². The van der Waals surface area contributed by atoms with E-state index >= 15 is 0 Å². The van der Waals surface area contributed by atoms with Gasteiger partial charge in [0.2, 0.25) is 5.91 Å². The predicted molar refractivity (Wildman–Crippen MR) is 153 cm³/mol. The number of H-pyrrole nitrogens is 1. The maximum absolute atomic E-state index is 13.7. The van der Waals surface area contributed by atoms with Crippen LogP contribution in [0.25, 0.3) is 10.9 Å². The molecule has 3 amide bonds. The zero-order valence-corrected chi connectivity index (χ0v) is 23.0. The molecular formula is C31H33F3N4O3. The number of nitrogens with zero attached hydrogens (tertiary/aromatic N) is 2. The average Bonchev–Trinajstić information content (AvgIpc) is 3.37. The summed E-state index contributed by atoms with van der Waals surface area (Å²) in [6, 6.07) is 19.4. The number of hydrogen-bond acceptors (Lipinski definition) is 3. The molecule has 0 saturated heterocycles. The van der Waals surface area contributed by atoms with Gasteiger partial charge in [0.15, 0.2) is 0 Å². The van der Waals surface area contributed by atoms with Crippen LogP contribution in [0.1, 0.15) is 22.3 Å². The molecule has 0 bridgehead atoms. The van der Waals surface area contributed by atoms with Gasteiger partial charge in [0.25, 0.3) is 0 Å². The van der Waals surface area contributed by atoms with E-state index in [4.69, 9.17) is 4.74 Å². The molecule has 1 heterocycles. The average molecular weight is 567 g/mol. The number of para-hydroxylation sites is 1. The number of nitrogens with one attached hydrogen (secondary N) is 2. The van der Waals surface area contributed by atoms with Gasteiger partial charge < -0.3 is 24.8 Å². The Balaban J connectivity index is 1.49. The van der Waals surface area contributed by atoms with Crippen LogP contribution in [0.4, 0.5) is 23.7 Å². The molecule has 1 aromatic heterocycles. The molecule has 0 saturated carbocycles. The van der Waals surface area contributed by atoms with Crippen LogP contribution < -0.4 is 5.32 Å². The number of aromatic amines is 1. The molecule has 0 aliphatic carbocycles. The molecule has 7 nitrogen and oxygen atoms in total. The van der Waals surface area contributed by atoms with E-state index in [1.165, 1.54) is 24.1 Å². The van der Waals surface area contributed by atoms with Gasteiger partial charge in [-0.3, -0.25) is 4.79 Å². The standard InChI is InChI=1S/C31H33F3N4O3/c1-22-7-9-23(10-8-22)20-37(16-15-24-19-35-28-6-4-3-5-27(24)28)29(39)21-38(17-18-41-2)30(40)36-26-13-11-25(12-14-26)31(32,33)34/h3-14,19,35H,15-18,20-21H2,1-2H3,(H,36,40). The van der Waals surface area contributed by atoms with Gasteiger partial charge in [-0.05, 0) is 54.8 Å². The molecule has 0 aliphatic rings. The number of carbonyl (C=O) groups excluding carboxylic acids is 2. The number of amides is 3. The molecule has 3 aromatic carbocycles. The van der Waals surface area contributed by atoms with Crippen molar-refractivity contribution in [3.05, 3.63) is 101 Å². The van der Waals surface area contributed by atoms with Crippen molar-refractivity contribution in [2.24, 2.45) is 0 Å². The van der Waals surface area contributed by atoms with Crippen LogP contribution in [0.2, 0.25) is 0 Å². The maximum atomic E-state index is 13.7. The van der Waals surface area contributed by atoms with E-state index in [0.29, 0.717) is 19.5 Å². The third-order valence-electron chi connectivity index (χ3n) is 6.81. The highest BCUT2D eigenvalue weighted by Crippen LogP contribution is 2.30. The van der Waals surface area contributed by atoms with E-state index in [2.05, 4.69) is 10.3 Å². The highest BCUT2D eigenvalue weighted by atomic mass is 19.4. The van der Waals surface area contributed by atoms with Crippen LogP contribution in [0, 0.1) is 6.92 Å². The number of anilines is 1. The number of hydrogen-bond donors (Lipinski definition) is 2. The van der Waals surface area contributed by atoms with Crippen molar-refractivity contribution in [1.29, 1.82) is 0 Å². The lowest BCUT2D eigenvalue weighted by Crippen LogP contribution is -2.46. The normalized spacial score (nSPS) is 11.4. The SMILES string of the molecule is COCCN(CC(=O)N(CCc1c[nH]c2ccccc12)Cc1ccc(C)cc1)C(=O)Nc1ccc(C(F)(F)F)cc1. The van der Waals surface area contributed by atoms with Crippen LogP contribution in [-0.4, -0.2) is 60.1 Å². The van der Waals surface area contributed by atoms with Crippen molar-refractivity contribution in [2.45, 2.75) is 26.1 Å². The Morgan fingerprint density at radius 1 is 0.927 bits per heavy atom. The van der Waals surface area contributed by atoms with Crippen LogP contribution in [0.3, 0.4) is 0 Å². The Kier molecular flexibility index (Phi) is 9.67. The van der Waals surface area contributed by atoms with Crippen LogP contribution in [0.15, 0.2) is 79.0 Å². The quantitative estimate of drug-likeness (QED) is 0.225. The second kappa shape index (κ2) is 13.4. The molecule has 0 spiro atoms. The third kappa shape index (κ3) is 8.11. The second-order valence-electron chi connectivity index (χ2n) is 9.83. The zero-order chi connectivity index (χ0) is 29.4. The fourth-order valence-electron chi connectivity index (χ4n) is 4.46. The number of carbonyl (C=O) groups is 2. The van der Waals surface area contributed by atoms with Gasteiger partial charge >= 0.3 is 12.2 Å². The third-order valence-corrected chi connectivity index (χ3v) is 6.81. The largest absolute Gasteiger partial charge is 0.416 e. The Hall–Kier alpha value is -4.31. The summed E-state index contributed by atoms with van der Waals surface area (Å²) in [5.41, 5.74) is 3.54. The first-order chi connectivity index (χ1) is 19.6. The molecule has 0 unspecified atom stereocenters. The number of aromatic nitrogens is 1. The van der Waals surface area contributed by atoms with Gasteiger partial charge in [0, 0.05) is 49.5 Å². The van der Waals surface area contributed by atoms with Crippen LogP contribution >= 0.6 is 0 Å². The topological polar surface area (TPSA) is 77.7 Å². The molecule has 0 atom stereocenters. The molecule has 2 N–H and O–H groups in total. The van der Waals surface area contributed by atoms with Crippen molar-refractivity contribution in [3.8, 4) is 0 Å². The minimum absolute atomic E-state index is 0.121. The zero-order valence-electron chi connectivity index (χ0n) is 23.0. The fourth-order valence-corrected chi connectivity index (χ4v) is 4.46. The minimum atomic E-state index is -4.48. The Morgan fingerprint density at radius 3 is 2.32 bits per heavy atom. The Bertz CT molecular complexity index is 1450. The first kappa shape index (κ1) is 29.7. The number of fused-ring (bicyclic) bond motifs is 1. The molecule has 0 fully saturated rings. The summed E-state index contributed by atoms with van der Waals surface area (Å²) < 4.78 is 43.9. The summed E-state index contributed by atoms with van der Waals surface area (Å²) in [6.45, 7) is 2.85. The van der Waals surface area contributed by atoms with Crippen LogP contribution in [0.5, 0.6) is 0 Å². The van der Waals surface area contributed by atoms with Crippen molar-refractivity contribution < 1.29 is 27.5 Å². The van der Waals surface area contributed by atoms with Gasteiger partial charge in [-0.1, -0.05) is 48.0 Å². The first-order valence-corrected chi connectivity index (χ1v) is 13.2. The van der Waals surface area contributed by atoms with Gasteiger partial charge in [-0.25, -0.2) is 4.79 Å². The van der Waals surface area contributed by atoms with Crippen molar-refractivity contribution >= 4 is 28.5 Å². The number of benzene rings is 3. The van der Waals surface area contributed by atoms with E-state index in [0.717, 1.165) is 39.7 Å². The van der Waals surface area contributed by atoms with Crippen molar-refractivity contribution in [2.75, 3.05) is 38.7 Å². The summed E-state index contributed by atoms with van der Waals surface area (Å²) >= 11 is 0. The number of ether oxygens (including phenoxy) is 1. The van der Waals surface area contributed by atoms with E-state index < -0.39 is 17.8 Å². The number of aryl methyl sites for hydroxylation is 1. The van der Waals surface area contributed by atoms with E-state index in [9.17, 15) is 22.8 Å². The lowest BCUT2D eigenvalue weighted by atomic mass is 10.1. The maximum Gasteiger partial charge on any atom is 0.416 e. The molecule has 4 aromatic rings. The Labute approximate surface area is 236 Å². The lowest BCUT2D eigenvalue weighted by molar-refractivity contribution is -0.137. The summed E-state index contributed by atoms with van der Waals surface area (Å²) in [5.74, 6) is -0.260. The van der Waals surface area contributed by atoms with Gasteiger partial charge in [-0.15, -0.1) is 0 Å². The number of methoxy groups -OCH3 is 1. The van der Waals surface area contributed by atoms with Crippen molar-refractivity contribution in [1.82, 2.24) is 14.8 Å². The van der Waals surface area contributed by atoms with Gasteiger partial charge in [0.1, 0.15) is 6.54 Å². The molecule has 216 valence electrons. The molecule has 4 rings (SSSR count). The Morgan fingerprint density at radius 2 is 1.63 bits per heavy atom. The molecule has 10 heteroatoms. The van der Waals surface area contributed by atoms with E-state index in [1.807, 2.05) is 61.7 Å². The number of urea groups is 1. The number of halogens is 3.